The first-order valence-electron chi connectivity index (χ1n) is 11.8. The molecule has 170 valence electrons. The van der Waals surface area contributed by atoms with Crippen LogP contribution in [0.25, 0.3) is 11.2 Å². The third kappa shape index (κ3) is 4.79. The number of hydrogen-bond donors (Lipinski definition) is 1. The van der Waals surface area contributed by atoms with Crippen molar-refractivity contribution >= 4 is 22.8 Å². The highest BCUT2D eigenvalue weighted by Gasteiger charge is 2.27. The quantitative estimate of drug-likeness (QED) is 0.518. The van der Waals surface area contributed by atoms with Crippen LogP contribution in [0.5, 0.6) is 0 Å². The van der Waals surface area contributed by atoms with Crippen LogP contribution < -0.4 is 5.32 Å². The Labute approximate surface area is 190 Å². The number of anilines is 1. The Morgan fingerprint density at radius 1 is 1.09 bits per heavy atom. The van der Waals surface area contributed by atoms with Crippen molar-refractivity contribution in [1.29, 1.82) is 0 Å². The van der Waals surface area contributed by atoms with E-state index in [-0.39, 0.29) is 11.9 Å². The first kappa shape index (κ1) is 22.3. The summed E-state index contributed by atoms with van der Waals surface area (Å²) in [5, 5.41) is 3.64. The highest BCUT2D eigenvalue weighted by molar-refractivity contribution is 5.76. The fourth-order valence-corrected chi connectivity index (χ4v) is 4.74. The molecule has 0 saturated heterocycles. The molecule has 2 aromatic heterocycles. The van der Waals surface area contributed by atoms with E-state index in [2.05, 4.69) is 54.1 Å². The minimum absolute atomic E-state index is 0.0337. The summed E-state index contributed by atoms with van der Waals surface area (Å²) in [4.78, 5) is 21.6. The number of carbonyl (C=O) groups is 1. The number of hydrogen-bond acceptors (Lipinski definition) is 5. The number of imidazole rings is 1. The van der Waals surface area contributed by atoms with E-state index in [1.165, 1.54) is 11.1 Å². The van der Waals surface area contributed by atoms with Gasteiger partial charge in [-0.1, -0.05) is 19.1 Å². The van der Waals surface area contributed by atoms with Gasteiger partial charge in [0.25, 0.3) is 0 Å². The van der Waals surface area contributed by atoms with Crippen molar-refractivity contribution < 1.29 is 9.53 Å². The molecule has 4 rings (SSSR count). The summed E-state index contributed by atoms with van der Waals surface area (Å²) in [6.45, 7) is 9.38. The van der Waals surface area contributed by atoms with Gasteiger partial charge in [0, 0.05) is 23.8 Å². The number of nitrogens with one attached hydrogen (secondary N) is 1. The van der Waals surface area contributed by atoms with Crippen molar-refractivity contribution in [3.05, 3.63) is 53.0 Å². The summed E-state index contributed by atoms with van der Waals surface area (Å²) in [6.07, 6.45) is 4.66. The zero-order valence-corrected chi connectivity index (χ0v) is 19.6. The van der Waals surface area contributed by atoms with Gasteiger partial charge in [-0.05, 0) is 75.8 Å². The third-order valence-electron chi connectivity index (χ3n) is 6.43. The van der Waals surface area contributed by atoms with E-state index in [1.54, 1.807) is 0 Å². The molecule has 0 spiro atoms. The second-order valence-electron chi connectivity index (χ2n) is 8.86. The van der Waals surface area contributed by atoms with Gasteiger partial charge in [-0.25, -0.2) is 9.97 Å². The number of aromatic nitrogens is 3. The number of esters is 1. The number of carbonyl (C=O) groups excluding carboxylic acids is 1. The van der Waals surface area contributed by atoms with Crippen molar-refractivity contribution in [3.8, 4) is 0 Å². The van der Waals surface area contributed by atoms with Crippen molar-refractivity contribution in [2.45, 2.75) is 72.4 Å². The Hall–Kier alpha value is -2.89. The van der Waals surface area contributed by atoms with Gasteiger partial charge in [0.1, 0.15) is 11.3 Å². The predicted octanol–water partition coefficient (Wildman–Crippen LogP) is 5.19. The fourth-order valence-electron chi connectivity index (χ4n) is 4.74. The van der Waals surface area contributed by atoms with Crippen molar-refractivity contribution in [2.75, 3.05) is 11.9 Å². The summed E-state index contributed by atoms with van der Waals surface area (Å²) in [6, 6.07) is 11.2. The molecule has 1 fully saturated rings. The molecular weight excluding hydrogens is 400 g/mol. The highest BCUT2D eigenvalue weighted by atomic mass is 16.5. The third-order valence-corrected chi connectivity index (χ3v) is 6.43. The number of nitrogens with zero attached hydrogens (tertiary/aromatic N) is 3. The molecule has 3 aromatic rings. The molecule has 6 nitrogen and oxygen atoms in total. The Morgan fingerprint density at radius 3 is 2.47 bits per heavy atom. The second kappa shape index (κ2) is 9.72. The maximum Gasteiger partial charge on any atom is 0.308 e. The molecule has 0 unspecified atom stereocenters. The molecule has 0 amide bonds. The van der Waals surface area contributed by atoms with E-state index < -0.39 is 0 Å². The normalized spacial score (nSPS) is 18.6. The maximum absolute atomic E-state index is 11.9. The maximum atomic E-state index is 11.9. The van der Waals surface area contributed by atoms with E-state index >= 15 is 0 Å². The highest BCUT2D eigenvalue weighted by Crippen LogP contribution is 2.28. The smallest absolute Gasteiger partial charge is 0.308 e. The van der Waals surface area contributed by atoms with Gasteiger partial charge in [0.15, 0.2) is 5.65 Å². The monoisotopic (exact) mass is 434 g/mol. The molecule has 0 atom stereocenters. The lowest BCUT2D eigenvalue weighted by molar-refractivity contribution is -0.149. The van der Waals surface area contributed by atoms with Crippen LogP contribution in [0.15, 0.2) is 30.3 Å². The van der Waals surface area contributed by atoms with Crippen LogP contribution in [-0.4, -0.2) is 33.2 Å². The molecule has 1 N–H and O–H groups in total. The van der Waals surface area contributed by atoms with Crippen LogP contribution in [0.3, 0.4) is 0 Å². The summed E-state index contributed by atoms with van der Waals surface area (Å²) < 4.78 is 7.42. The molecule has 1 aromatic carbocycles. The van der Waals surface area contributed by atoms with Gasteiger partial charge in [-0.3, -0.25) is 4.79 Å². The predicted molar refractivity (Wildman–Crippen MR) is 128 cm³/mol. The molecular formula is C26H34N4O2. The first-order chi connectivity index (χ1) is 15.5. The zero-order chi connectivity index (χ0) is 22.7. The van der Waals surface area contributed by atoms with Crippen LogP contribution in [-0.2, 0) is 22.5 Å². The standard InChI is InChI=1S/C26H34N4O2/c1-5-23-29-24-17(3)15-18(4)27-25(24)30(23)16-19-7-11-21(12-8-19)28-22-13-9-20(10-14-22)26(31)32-6-2/h7-8,11-12,15,20,22,28H,5-6,9-10,13-14,16H2,1-4H3/t20-,22-. The molecule has 1 saturated carbocycles. The number of pyridine rings is 1. The van der Waals surface area contributed by atoms with Crippen LogP contribution in [0, 0.1) is 19.8 Å². The Bertz CT molecular complexity index is 1080. The van der Waals surface area contributed by atoms with E-state index in [4.69, 9.17) is 14.7 Å². The van der Waals surface area contributed by atoms with Gasteiger partial charge in [-0.2, -0.15) is 0 Å². The number of rotatable bonds is 7. The molecule has 0 bridgehead atoms. The largest absolute Gasteiger partial charge is 0.466 e. The molecule has 6 heteroatoms. The zero-order valence-electron chi connectivity index (χ0n) is 19.6. The molecule has 0 aliphatic heterocycles. The van der Waals surface area contributed by atoms with E-state index in [9.17, 15) is 4.79 Å². The SMILES string of the molecule is CCOC(=O)[C@H]1CC[C@H](Nc2ccc(Cn3c(CC)nc4c(C)cc(C)nc43)cc2)CC1. The van der Waals surface area contributed by atoms with Crippen molar-refractivity contribution in [1.82, 2.24) is 14.5 Å². The summed E-state index contributed by atoms with van der Waals surface area (Å²) >= 11 is 0. The van der Waals surface area contributed by atoms with E-state index in [0.717, 1.165) is 67.0 Å². The molecule has 1 aliphatic rings. The number of benzene rings is 1. The average molecular weight is 435 g/mol. The van der Waals surface area contributed by atoms with Crippen LogP contribution in [0.2, 0.25) is 0 Å². The van der Waals surface area contributed by atoms with E-state index in [0.29, 0.717) is 12.6 Å². The first-order valence-corrected chi connectivity index (χ1v) is 11.8. The van der Waals surface area contributed by atoms with E-state index in [1.807, 2.05) is 13.8 Å². The van der Waals surface area contributed by atoms with Gasteiger partial charge >= 0.3 is 5.97 Å². The van der Waals surface area contributed by atoms with Gasteiger partial charge in [0.05, 0.1) is 19.1 Å². The van der Waals surface area contributed by atoms with Gasteiger partial charge in [0.2, 0.25) is 0 Å². The number of fused-ring (bicyclic) bond motifs is 1. The lowest BCUT2D eigenvalue weighted by Gasteiger charge is -2.28. The Morgan fingerprint density at radius 2 is 1.81 bits per heavy atom. The average Bonchev–Trinajstić information content (AvgIpc) is 3.13. The van der Waals surface area contributed by atoms with Crippen LogP contribution in [0.4, 0.5) is 5.69 Å². The molecule has 32 heavy (non-hydrogen) atoms. The fraction of sp³-hybridized carbons (Fsp3) is 0.500. The van der Waals surface area contributed by atoms with Crippen molar-refractivity contribution in [2.24, 2.45) is 5.92 Å². The Balaban J connectivity index is 1.41. The summed E-state index contributed by atoms with van der Waals surface area (Å²) in [5.41, 5.74) is 6.54. The number of aryl methyl sites for hydroxylation is 3. The lowest BCUT2D eigenvalue weighted by Crippen LogP contribution is -2.30. The van der Waals surface area contributed by atoms with Gasteiger partial charge in [-0.15, -0.1) is 0 Å². The Kier molecular flexibility index (Phi) is 6.77. The minimum atomic E-state index is -0.0337. The summed E-state index contributed by atoms with van der Waals surface area (Å²) in [7, 11) is 0. The summed E-state index contributed by atoms with van der Waals surface area (Å²) in [5.74, 6) is 1.10. The van der Waals surface area contributed by atoms with Crippen LogP contribution >= 0.6 is 0 Å². The van der Waals surface area contributed by atoms with Crippen LogP contribution in [0.1, 0.15) is 62.2 Å². The molecule has 0 radical (unpaired) electrons. The second-order valence-corrected chi connectivity index (χ2v) is 8.86. The van der Waals surface area contributed by atoms with Gasteiger partial charge < -0.3 is 14.6 Å². The number of ether oxygens (including phenoxy) is 1. The minimum Gasteiger partial charge on any atom is -0.466 e. The lowest BCUT2D eigenvalue weighted by atomic mass is 9.86. The molecule has 2 heterocycles. The topological polar surface area (TPSA) is 69.0 Å². The molecule has 1 aliphatic carbocycles. The van der Waals surface area contributed by atoms with Crippen molar-refractivity contribution in [3.63, 3.8) is 0 Å².